The summed E-state index contributed by atoms with van der Waals surface area (Å²) in [6, 6.07) is 8.86. The van der Waals surface area contributed by atoms with E-state index in [-0.39, 0.29) is 0 Å². The van der Waals surface area contributed by atoms with E-state index in [0.29, 0.717) is 0 Å². The average Bonchev–Trinajstić information content (AvgIpc) is 2.83. The summed E-state index contributed by atoms with van der Waals surface area (Å²) in [6.45, 7) is 2.40. The molecule has 0 unspecified atom stereocenters. The first-order valence-corrected chi connectivity index (χ1v) is 6.80. The first kappa shape index (κ1) is 11.5. The Morgan fingerprint density at radius 3 is 2.50 bits per heavy atom. The minimum Gasteiger partial charge on any atom is -0.371 e. The summed E-state index contributed by atoms with van der Waals surface area (Å²) in [5, 5.41) is 3.48. The van der Waals surface area contributed by atoms with Crippen LogP contribution in [0.3, 0.4) is 0 Å². The molecule has 1 aliphatic rings. The van der Waals surface area contributed by atoms with Crippen molar-refractivity contribution in [1.29, 1.82) is 0 Å². The van der Waals surface area contributed by atoms with E-state index in [1.165, 1.54) is 48.9 Å². The molecule has 1 saturated heterocycles. The lowest BCUT2D eigenvalue weighted by atomic mass is 10.1. The van der Waals surface area contributed by atoms with Crippen molar-refractivity contribution in [3.8, 4) is 0 Å². The maximum Gasteiger partial charge on any atom is 0.0715 e. The van der Waals surface area contributed by atoms with E-state index in [4.69, 9.17) is 0 Å². The second-order valence-electron chi connectivity index (χ2n) is 5.27. The molecule has 3 rings (SSSR count). The smallest absolute Gasteiger partial charge is 0.0715 e. The lowest BCUT2D eigenvalue weighted by molar-refractivity contribution is 0.579. The van der Waals surface area contributed by atoms with Gasteiger partial charge in [-0.2, -0.15) is 0 Å². The van der Waals surface area contributed by atoms with E-state index in [0.717, 1.165) is 0 Å². The highest BCUT2D eigenvalue weighted by Gasteiger charge is 2.14. The van der Waals surface area contributed by atoms with Crippen LogP contribution < -0.4 is 9.91 Å². The van der Waals surface area contributed by atoms with Gasteiger partial charge in [0.05, 0.1) is 5.52 Å². The molecule has 0 N–H and O–H groups in total. The monoisotopic (exact) mass is 243 g/mol. The Bertz CT molecular complexity index is 536. The minimum atomic E-state index is 1.20. The number of nitrogens with zero attached hydrogens (tertiary/aromatic N) is 3. The van der Waals surface area contributed by atoms with E-state index in [2.05, 4.69) is 59.1 Å². The van der Waals surface area contributed by atoms with Gasteiger partial charge in [-0.05, 0) is 37.5 Å². The zero-order valence-electron chi connectivity index (χ0n) is 11.3. The second kappa shape index (κ2) is 4.56. The largest absolute Gasteiger partial charge is 0.371 e. The molecule has 1 fully saturated rings. The fourth-order valence-corrected chi connectivity index (χ4v) is 2.90. The van der Waals surface area contributed by atoms with Crippen LogP contribution in [-0.4, -0.2) is 31.9 Å². The number of hydrogen-bond acceptors (Lipinski definition) is 2. The number of benzene rings is 1. The van der Waals surface area contributed by atoms with Crippen molar-refractivity contribution in [3.63, 3.8) is 0 Å². The zero-order chi connectivity index (χ0) is 12.5. The fourth-order valence-electron chi connectivity index (χ4n) is 2.90. The summed E-state index contributed by atoms with van der Waals surface area (Å²) >= 11 is 0. The lowest BCUT2D eigenvalue weighted by Crippen LogP contribution is -2.29. The van der Waals surface area contributed by atoms with Crippen molar-refractivity contribution in [3.05, 3.63) is 30.5 Å². The molecule has 3 nitrogen and oxygen atoms in total. The molecule has 18 heavy (non-hydrogen) atoms. The Morgan fingerprint density at radius 1 is 1.00 bits per heavy atom. The number of fused-ring (bicyclic) bond motifs is 1. The van der Waals surface area contributed by atoms with Gasteiger partial charge in [0, 0.05) is 44.5 Å². The molecule has 1 aromatic heterocycles. The third-order valence-corrected chi connectivity index (χ3v) is 3.82. The minimum absolute atomic E-state index is 1.20. The van der Waals surface area contributed by atoms with Crippen molar-refractivity contribution < 1.29 is 0 Å². The van der Waals surface area contributed by atoms with Gasteiger partial charge in [-0.3, -0.25) is 4.68 Å². The Hall–Kier alpha value is -1.64. The molecule has 0 saturated carbocycles. The van der Waals surface area contributed by atoms with Gasteiger partial charge in [-0.15, -0.1) is 0 Å². The number of hydrogen-bond donors (Lipinski definition) is 0. The van der Waals surface area contributed by atoms with Crippen molar-refractivity contribution in [2.75, 3.05) is 37.1 Å². The highest BCUT2D eigenvalue weighted by molar-refractivity contribution is 5.93. The number of rotatable bonds is 2. The predicted octanol–water partition coefficient (Wildman–Crippen LogP) is 2.83. The first-order valence-electron chi connectivity index (χ1n) is 6.80. The molecular formula is C15H21N3. The Balaban J connectivity index is 2.07. The fraction of sp³-hybridized carbons (Fsp3) is 0.467. The number of anilines is 1. The quantitative estimate of drug-likeness (QED) is 0.803. The standard InChI is InChI=1S/C15H21N3/c1-16(2)18-12-9-13-14(7-6-8-15(13)18)17-10-4-3-5-11-17/h6-9,12H,3-5,10-11H2,1-2H3. The molecule has 0 bridgehead atoms. The highest BCUT2D eigenvalue weighted by Crippen LogP contribution is 2.29. The van der Waals surface area contributed by atoms with Crippen LogP contribution in [0.1, 0.15) is 19.3 Å². The summed E-state index contributed by atoms with van der Waals surface area (Å²) < 4.78 is 2.20. The van der Waals surface area contributed by atoms with Gasteiger partial charge >= 0.3 is 0 Å². The molecule has 1 aromatic carbocycles. The van der Waals surface area contributed by atoms with Crippen LogP contribution in [0.5, 0.6) is 0 Å². The van der Waals surface area contributed by atoms with Crippen LogP contribution >= 0.6 is 0 Å². The van der Waals surface area contributed by atoms with Gasteiger partial charge in [-0.1, -0.05) is 6.07 Å². The van der Waals surface area contributed by atoms with Crippen LogP contribution in [-0.2, 0) is 0 Å². The van der Waals surface area contributed by atoms with Crippen molar-refractivity contribution in [1.82, 2.24) is 4.68 Å². The van der Waals surface area contributed by atoms with Gasteiger partial charge in [0.1, 0.15) is 0 Å². The van der Waals surface area contributed by atoms with E-state index in [1.54, 1.807) is 0 Å². The third-order valence-electron chi connectivity index (χ3n) is 3.82. The maximum atomic E-state index is 2.53. The molecule has 0 amide bonds. The summed E-state index contributed by atoms with van der Waals surface area (Å²) in [5.74, 6) is 0. The summed E-state index contributed by atoms with van der Waals surface area (Å²) in [5.41, 5.74) is 2.69. The van der Waals surface area contributed by atoms with Crippen LogP contribution in [0.4, 0.5) is 5.69 Å². The van der Waals surface area contributed by atoms with Crippen molar-refractivity contribution in [2.45, 2.75) is 19.3 Å². The molecule has 0 atom stereocenters. The molecule has 2 aromatic rings. The van der Waals surface area contributed by atoms with Crippen molar-refractivity contribution >= 4 is 16.6 Å². The molecule has 3 heteroatoms. The Morgan fingerprint density at radius 2 is 1.78 bits per heavy atom. The van der Waals surface area contributed by atoms with Crippen LogP contribution in [0.2, 0.25) is 0 Å². The van der Waals surface area contributed by atoms with Gasteiger partial charge in [0.25, 0.3) is 0 Å². The van der Waals surface area contributed by atoms with Crippen LogP contribution in [0.25, 0.3) is 10.9 Å². The second-order valence-corrected chi connectivity index (χ2v) is 5.27. The maximum absolute atomic E-state index is 2.53. The predicted molar refractivity (Wildman–Crippen MR) is 78.1 cm³/mol. The lowest BCUT2D eigenvalue weighted by Gasteiger charge is -2.29. The van der Waals surface area contributed by atoms with E-state index in [1.807, 2.05) is 0 Å². The average molecular weight is 243 g/mol. The molecular weight excluding hydrogens is 222 g/mol. The van der Waals surface area contributed by atoms with Gasteiger partial charge in [-0.25, -0.2) is 0 Å². The van der Waals surface area contributed by atoms with E-state index >= 15 is 0 Å². The van der Waals surface area contributed by atoms with Gasteiger partial charge < -0.3 is 9.91 Å². The number of piperidine rings is 1. The summed E-state index contributed by atoms with van der Waals surface area (Å²) in [7, 11) is 4.15. The Kier molecular flexibility index (Phi) is 2.90. The molecule has 0 radical (unpaired) electrons. The van der Waals surface area contributed by atoms with Gasteiger partial charge in [0.2, 0.25) is 0 Å². The normalized spacial score (nSPS) is 16.2. The van der Waals surface area contributed by atoms with Gasteiger partial charge in [0.15, 0.2) is 0 Å². The van der Waals surface area contributed by atoms with E-state index in [9.17, 15) is 0 Å². The zero-order valence-corrected chi connectivity index (χ0v) is 11.3. The van der Waals surface area contributed by atoms with Crippen LogP contribution in [0, 0.1) is 0 Å². The molecule has 2 heterocycles. The topological polar surface area (TPSA) is 11.4 Å². The van der Waals surface area contributed by atoms with E-state index < -0.39 is 0 Å². The molecule has 0 aliphatic carbocycles. The third kappa shape index (κ3) is 1.84. The number of aromatic nitrogens is 1. The molecule has 0 spiro atoms. The van der Waals surface area contributed by atoms with Crippen molar-refractivity contribution in [2.24, 2.45) is 0 Å². The van der Waals surface area contributed by atoms with Crippen LogP contribution in [0.15, 0.2) is 30.5 Å². The SMILES string of the molecule is CN(C)n1ccc2c(N3CCCCC3)cccc21. The Labute approximate surface area is 109 Å². The first-order chi connectivity index (χ1) is 8.77. The summed E-state index contributed by atoms with van der Waals surface area (Å²) in [6.07, 6.45) is 6.18. The molecule has 96 valence electrons. The molecule has 1 aliphatic heterocycles. The highest BCUT2D eigenvalue weighted by atomic mass is 15.5. The summed E-state index contributed by atoms with van der Waals surface area (Å²) in [4.78, 5) is 2.53.